The molecule has 0 spiro atoms. The molecule has 0 aromatic heterocycles. The molecule has 5 heteroatoms. The first-order chi connectivity index (χ1) is 13.5. The zero-order valence-electron chi connectivity index (χ0n) is 18.1. The van der Waals surface area contributed by atoms with Crippen LogP contribution in [0, 0.1) is 11.3 Å². The summed E-state index contributed by atoms with van der Waals surface area (Å²) in [5.74, 6) is 2.27. The van der Waals surface area contributed by atoms with Crippen LogP contribution >= 0.6 is 0 Å². The van der Waals surface area contributed by atoms with Gasteiger partial charge >= 0.3 is 0 Å². The van der Waals surface area contributed by atoms with Gasteiger partial charge in [0.1, 0.15) is 5.75 Å². The number of hydrogen-bond donors (Lipinski definition) is 2. The average molecular weight is 389 g/mol. The quantitative estimate of drug-likeness (QED) is 0.341. The van der Waals surface area contributed by atoms with Crippen molar-refractivity contribution in [2.75, 3.05) is 31.1 Å². The first-order valence-electron chi connectivity index (χ1n) is 11.1. The van der Waals surface area contributed by atoms with E-state index in [1.165, 1.54) is 25.7 Å². The highest BCUT2D eigenvalue weighted by atomic mass is 16.5. The summed E-state index contributed by atoms with van der Waals surface area (Å²) in [6.07, 6.45) is 8.04. The first-order valence-corrected chi connectivity index (χ1v) is 11.1. The predicted octanol–water partition coefficient (Wildman–Crippen LogP) is 4.86. The van der Waals surface area contributed by atoms with Crippen molar-refractivity contribution in [2.24, 2.45) is 11.7 Å². The fourth-order valence-corrected chi connectivity index (χ4v) is 3.74. The highest BCUT2D eigenvalue weighted by Crippen LogP contribution is 2.24. The van der Waals surface area contributed by atoms with Crippen LogP contribution in [0.25, 0.3) is 0 Å². The molecule has 0 saturated carbocycles. The largest absolute Gasteiger partial charge is 0.494 e. The zero-order chi connectivity index (χ0) is 20.4. The summed E-state index contributed by atoms with van der Waals surface area (Å²) in [6.45, 7) is 9.90. The number of piperidine rings is 1. The van der Waals surface area contributed by atoms with Crippen molar-refractivity contribution in [2.45, 2.75) is 71.8 Å². The summed E-state index contributed by atoms with van der Waals surface area (Å²) < 4.78 is 5.89. The number of rotatable bonds is 10. The fourth-order valence-electron chi connectivity index (χ4n) is 3.74. The minimum Gasteiger partial charge on any atom is -0.494 e. The molecule has 1 saturated heterocycles. The van der Waals surface area contributed by atoms with Crippen molar-refractivity contribution in [1.29, 1.82) is 5.41 Å². The first kappa shape index (κ1) is 22.5. The minimum atomic E-state index is 0.426. The second-order valence-corrected chi connectivity index (χ2v) is 8.39. The van der Waals surface area contributed by atoms with Gasteiger partial charge in [0, 0.05) is 24.8 Å². The lowest BCUT2D eigenvalue weighted by atomic mass is 10.0. The molecular formula is C23H40N4O. The number of nitrogens with zero attached hydrogens (tertiary/aromatic N) is 2. The van der Waals surface area contributed by atoms with E-state index in [-0.39, 0.29) is 0 Å². The number of hydrogen-bond acceptors (Lipinski definition) is 3. The molecule has 0 bridgehead atoms. The molecule has 1 aromatic carbocycles. The molecule has 1 fully saturated rings. The van der Waals surface area contributed by atoms with Gasteiger partial charge in [-0.15, -0.1) is 0 Å². The second kappa shape index (κ2) is 11.9. The van der Waals surface area contributed by atoms with E-state index in [9.17, 15) is 0 Å². The molecule has 0 aliphatic carbocycles. The monoisotopic (exact) mass is 388 g/mol. The summed E-state index contributed by atoms with van der Waals surface area (Å²) in [5.41, 5.74) is 6.80. The maximum absolute atomic E-state index is 8.81. The normalized spacial score (nSPS) is 17.0. The van der Waals surface area contributed by atoms with Crippen LogP contribution in [-0.2, 0) is 0 Å². The minimum absolute atomic E-state index is 0.426. The Balaban J connectivity index is 1.96. The van der Waals surface area contributed by atoms with Gasteiger partial charge < -0.3 is 20.3 Å². The lowest BCUT2D eigenvalue weighted by Gasteiger charge is -2.40. The number of guanidine groups is 1. The van der Waals surface area contributed by atoms with E-state index < -0.39 is 0 Å². The highest BCUT2D eigenvalue weighted by molar-refractivity contribution is 5.94. The van der Waals surface area contributed by atoms with Crippen LogP contribution in [0.2, 0.25) is 0 Å². The Morgan fingerprint density at radius 3 is 2.61 bits per heavy atom. The van der Waals surface area contributed by atoms with Crippen molar-refractivity contribution in [1.82, 2.24) is 4.90 Å². The Morgan fingerprint density at radius 2 is 1.96 bits per heavy atom. The lowest BCUT2D eigenvalue weighted by Crippen LogP contribution is -2.50. The van der Waals surface area contributed by atoms with Gasteiger partial charge in [0.2, 0.25) is 0 Å². The van der Waals surface area contributed by atoms with Crippen LogP contribution in [0.15, 0.2) is 24.3 Å². The molecular weight excluding hydrogens is 348 g/mol. The van der Waals surface area contributed by atoms with Gasteiger partial charge in [0.15, 0.2) is 5.96 Å². The molecule has 5 nitrogen and oxygen atoms in total. The van der Waals surface area contributed by atoms with E-state index in [0.717, 1.165) is 56.3 Å². The predicted molar refractivity (Wildman–Crippen MR) is 119 cm³/mol. The van der Waals surface area contributed by atoms with Crippen molar-refractivity contribution in [3.63, 3.8) is 0 Å². The van der Waals surface area contributed by atoms with E-state index in [4.69, 9.17) is 15.9 Å². The number of benzene rings is 1. The van der Waals surface area contributed by atoms with Crippen LogP contribution < -0.4 is 15.4 Å². The average Bonchev–Trinajstić information content (AvgIpc) is 2.69. The Hall–Kier alpha value is -1.75. The van der Waals surface area contributed by atoms with E-state index in [1.807, 2.05) is 12.1 Å². The Morgan fingerprint density at radius 1 is 1.21 bits per heavy atom. The van der Waals surface area contributed by atoms with Gasteiger partial charge in [-0.1, -0.05) is 20.3 Å². The standard InChI is InChI=1S/C23H40N4O/c1-19(2)9-5-7-18-28-22-13-11-21(12-14-22)27(17-8-15-24)23(25)26-16-6-4-10-20(26)3/h11-14,19-20,25H,4-10,15-18,24H2,1-3H3. The molecule has 1 heterocycles. The van der Waals surface area contributed by atoms with Crippen LogP contribution in [0.5, 0.6) is 5.75 Å². The Labute approximate surface area is 171 Å². The van der Waals surface area contributed by atoms with Gasteiger partial charge in [0.05, 0.1) is 6.61 Å². The second-order valence-electron chi connectivity index (χ2n) is 8.39. The lowest BCUT2D eigenvalue weighted by molar-refractivity contribution is 0.252. The summed E-state index contributed by atoms with van der Waals surface area (Å²) in [7, 11) is 0. The molecule has 3 N–H and O–H groups in total. The highest BCUT2D eigenvalue weighted by Gasteiger charge is 2.25. The molecule has 28 heavy (non-hydrogen) atoms. The molecule has 0 amide bonds. The van der Waals surface area contributed by atoms with Crippen molar-refractivity contribution in [3.05, 3.63) is 24.3 Å². The number of nitrogens with two attached hydrogens (primary N) is 1. The van der Waals surface area contributed by atoms with Crippen molar-refractivity contribution >= 4 is 11.6 Å². The molecule has 1 unspecified atom stereocenters. The molecule has 1 aromatic rings. The van der Waals surface area contributed by atoms with E-state index in [1.54, 1.807) is 0 Å². The van der Waals surface area contributed by atoms with Gasteiger partial charge in [-0.2, -0.15) is 0 Å². The van der Waals surface area contributed by atoms with Gasteiger partial charge in [-0.05, 0) is 82.2 Å². The third kappa shape index (κ3) is 7.01. The summed E-state index contributed by atoms with van der Waals surface area (Å²) in [5, 5.41) is 8.81. The maximum atomic E-state index is 8.81. The van der Waals surface area contributed by atoms with Crippen molar-refractivity contribution < 1.29 is 4.74 Å². The van der Waals surface area contributed by atoms with Crippen LogP contribution in [-0.4, -0.2) is 43.1 Å². The third-order valence-electron chi connectivity index (χ3n) is 5.51. The van der Waals surface area contributed by atoms with E-state index in [2.05, 4.69) is 42.7 Å². The summed E-state index contributed by atoms with van der Waals surface area (Å²) >= 11 is 0. The molecule has 1 aliphatic heterocycles. The summed E-state index contributed by atoms with van der Waals surface area (Å²) in [4.78, 5) is 4.33. The van der Waals surface area contributed by atoms with Crippen molar-refractivity contribution in [3.8, 4) is 5.75 Å². The maximum Gasteiger partial charge on any atom is 0.198 e. The topological polar surface area (TPSA) is 65.6 Å². The molecule has 1 aliphatic rings. The van der Waals surface area contributed by atoms with E-state index >= 15 is 0 Å². The van der Waals surface area contributed by atoms with Gasteiger partial charge in [-0.3, -0.25) is 5.41 Å². The SMILES string of the molecule is CC(C)CCCCOc1ccc(N(CCCN)C(=N)N2CCCCC2C)cc1. The Kier molecular flexibility index (Phi) is 9.62. The number of unbranched alkanes of at least 4 members (excludes halogenated alkanes) is 1. The zero-order valence-corrected chi connectivity index (χ0v) is 18.1. The van der Waals surface area contributed by atoms with Crippen LogP contribution in [0.3, 0.4) is 0 Å². The number of anilines is 1. The number of nitrogens with one attached hydrogen (secondary N) is 1. The molecule has 0 radical (unpaired) electrons. The number of likely N-dealkylation sites (tertiary alicyclic amines) is 1. The molecule has 2 rings (SSSR count). The van der Waals surface area contributed by atoms with Gasteiger partial charge in [0.25, 0.3) is 0 Å². The third-order valence-corrected chi connectivity index (χ3v) is 5.51. The van der Waals surface area contributed by atoms with Gasteiger partial charge in [-0.25, -0.2) is 0 Å². The van der Waals surface area contributed by atoms with Crippen LogP contribution in [0.1, 0.15) is 65.7 Å². The fraction of sp³-hybridized carbons (Fsp3) is 0.696. The molecule has 158 valence electrons. The number of ether oxygens (including phenoxy) is 1. The molecule has 1 atom stereocenters. The smallest absolute Gasteiger partial charge is 0.198 e. The Bertz CT molecular complexity index is 572. The van der Waals surface area contributed by atoms with Crippen LogP contribution in [0.4, 0.5) is 5.69 Å². The summed E-state index contributed by atoms with van der Waals surface area (Å²) in [6, 6.07) is 8.63. The van der Waals surface area contributed by atoms with E-state index in [0.29, 0.717) is 18.5 Å².